The second-order valence-electron chi connectivity index (χ2n) is 6.75. The largest absolute Gasteiger partial charge is 0.341 e. The summed E-state index contributed by atoms with van der Waals surface area (Å²) in [5.41, 5.74) is 2.59. The van der Waals surface area contributed by atoms with Crippen molar-refractivity contribution >= 4 is 50.9 Å². The SMILES string of the molecule is O=C(NCc1nc2ccccc2s1)Nc1ccc(CC(=O)N2CCSCC2)cc1. The molecular weight excluding hydrogens is 404 g/mol. The van der Waals surface area contributed by atoms with Crippen LogP contribution in [0.2, 0.25) is 0 Å². The molecule has 6 nitrogen and oxygen atoms in total. The van der Waals surface area contributed by atoms with E-state index in [2.05, 4.69) is 15.6 Å². The number of para-hydroxylation sites is 1. The number of thiazole rings is 1. The van der Waals surface area contributed by atoms with E-state index in [1.54, 1.807) is 11.3 Å². The molecule has 0 spiro atoms. The maximum Gasteiger partial charge on any atom is 0.319 e. The number of rotatable bonds is 5. The van der Waals surface area contributed by atoms with E-state index < -0.39 is 0 Å². The summed E-state index contributed by atoms with van der Waals surface area (Å²) in [6.45, 7) is 2.04. The lowest BCUT2D eigenvalue weighted by Crippen LogP contribution is -2.38. The number of aromatic nitrogens is 1. The third-order valence-electron chi connectivity index (χ3n) is 4.67. The van der Waals surface area contributed by atoms with Gasteiger partial charge in [0.1, 0.15) is 5.01 Å². The summed E-state index contributed by atoms with van der Waals surface area (Å²) in [6.07, 6.45) is 0.398. The Morgan fingerprint density at radius 2 is 1.79 bits per heavy atom. The topological polar surface area (TPSA) is 74.3 Å². The maximum absolute atomic E-state index is 12.3. The summed E-state index contributed by atoms with van der Waals surface area (Å²) in [7, 11) is 0. The Balaban J connectivity index is 1.26. The molecule has 0 aliphatic carbocycles. The van der Waals surface area contributed by atoms with Gasteiger partial charge in [-0.3, -0.25) is 4.79 Å². The summed E-state index contributed by atoms with van der Waals surface area (Å²) in [5.74, 6) is 2.20. The Morgan fingerprint density at radius 1 is 1.03 bits per heavy atom. The van der Waals surface area contributed by atoms with E-state index in [0.29, 0.717) is 18.7 Å². The fraction of sp³-hybridized carbons (Fsp3) is 0.286. The van der Waals surface area contributed by atoms with Crippen LogP contribution < -0.4 is 10.6 Å². The zero-order valence-corrected chi connectivity index (χ0v) is 17.5. The van der Waals surface area contributed by atoms with Crippen LogP contribution in [0.15, 0.2) is 48.5 Å². The summed E-state index contributed by atoms with van der Waals surface area (Å²) >= 11 is 3.46. The highest BCUT2D eigenvalue weighted by atomic mass is 32.2. The van der Waals surface area contributed by atoms with Gasteiger partial charge in [0.2, 0.25) is 5.91 Å². The van der Waals surface area contributed by atoms with E-state index in [9.17, 15) is 9.59 Å². The van der Waals surface area contributed by atoms with Gasteiger partial charge in [-0.1, -0.05) is 24.3 Å². The van der Waals surface area contributed by atoms with E-state index in [1.165, 1.54) is 0 Å². The molecular formula is C21H22N4O2S2. The number of hydrogen-bond donors (Lipinski definition) is 2. The van der Waals surface area contributed by atoms with Crippen molar-refractivity contribution in [2.75, 3.05) is 29.9 Å². The summed E-state index contributed by atoms with van der Waals surface area (Å²) in [5, 5.41) is 6.52. The van der Waals surface area contributed by atoms with Crippen LogP contribution in [0.1, 0.15) is 10.6 Å². The quantitative estimate of drug-likeness (QED) is 0.652. The summed E-state index contributed by atoms with van der Waals surface area (Å²) in [6, 6.07) is 15.1. The van der Waals surface area contributed by atoms with Gasteiger partial charge in [-0.05, 0) is 29.8 Å². The highest BCUT2D eigenvalue weighted by molar-refractivity contribution is 7.99. The zero-order chi connectivity index (χ0) is 20.1. The van der Waals surface area contributed by atoms with Gasteiger partial charge in [-0.25, -0.2) is 9.78 Å². The maximum atomic E-state index is 12.3. The van der Waals surface area contributed by atoms with Gasteiger partial charge in [-0.2, -0.15) is 11.8 Å². The predicted molar refractivity (Wildman–Crippen MR) is 120 cm³/mol. The van der Waals surface area contributed by atoms with Gasteiger partial charge >= 0.3 is 6.03 Å². The van der Waals surface area contributed by atoms with Crippen LogP contribution in [0.3, 0.4) is 0 Å². The lowest BCUT2D eigenvalue weighted by molar-refractivity contribution is -0.130. The Morgan fingerprint density at radius 3 is 2.55 bits per heavy atom. The van der Waals surface area contributed by atoms with Crippen molar-refractivity contribution in [1.82, 2.24) is 15.2 Å². The molecule has 1 saturated heterocycles. The van der Waals surface area contributed by atoms with Crippen molar-refractivity contribution < 1.29 is 9.59 Å². The van der Waals surface area contributed by atoms with Crippen molar-refractivity contribution in [3.05, 3.63) is 59.1 Å². The smallest absolute Gasteiger partial charge is 0.319 e. The lowest BCUT2D eigenvalue weighted by Gasteiger charge is -2.26. The van der Waals surface area contributed by atoms with Gasteiger partial charge < -0.3 is 15.5 Å². The number of thioether (sulfide) groups is 1. The van der Waals surface area contributed by atoms with Crippen molar-refractivity contribution in [2.45, 2.75) is 13.0 Å². The fourth-order valence-corrected chi connectivity index (χ4v) is 4.94. The second kappa shape index (κ2) is 9.28. The third kappa shape index (κ3) is 5.27. The second-order valence-corrected chi connectivity index (χ2v) is 9.09. The van der Waals surface area contributed by atoms with Gasteiger partial charge in [0.15, 0.2) is 0 Å². The van der Waals surface area contributed by atoms with E-state index in [4.69, 9.17) is 0 Å². The number of fused-ring (bicyclic) bond motifs is 1. The van der Waals surface area contributed by atoms with Gasteiger partial charge in [0, 0.05) is 30.3 Å². The minimum Gasteiger partial charge on any atom is -0.341 e. The van der Waals surface area contributed by atoms with E-state index in [-0.39, 0.29) is 11.9 Å². The minimum atomic E-state index is -0.279. The normalized spacial score (nSPS) is 14.0. The molecule has 1 aliphatic rings. The van der Waals surface area contributed by atoms with Gasteiger partial charge in [0.25, 0.3) is 0 Å². The van der Waals surface area contributed by atoms with E-state index in [1.807, 2.05) is 65.2 Å². The number of benzene rings is 2. The number of amides is 3. The van der Waals surface area contributed by atoms with Crippen molar-refractivity contribution in [1.29, 1.82) is 0 Å². The Kier molecular flexibility index (Phi) is 6.31. The third-order valence-corrected chi connectivity index (χ3v) is 6.65. The van der Waals surface area contributed by atoms with Crippen LogP contribution in [0, 0.1) is 0 Å². The van der Waals surface area contributed by atoms with E-state index >= 15 is 0 Å². The highest BCUT2D eigenvalue weighted by Gasteiger charge is 2.16. The summed E-state index contributed by atoms with van der Waals surface area (Å²) in [4.78, 5) is 30.9. The number of nitrogens with one attached hydrogen (secondary N) is 2. The first kappa shape index (κ1) is 19.7. The number of hydrogen-bond acceptors (Lipinski definition) is 5. The number of anilines is 1. The molecule has 29 heavy (non-hydrogen) atoms. The lowest BCUT2D eigenvalue weighted by atomic mass is 10.1. The molecule has 1 aromatic heterocycles. The molecule has 150 valence electrons. The van der Waals surface area contributed by atoms with Gasteiger partial charge in [-0.15, -0.1) is 11.3 Å². The Hall–Kier alpha value is -2.58. The number of urea groups is 1. The average Bonchev–Trinajstić information content (AvgIpc) is 3.17. The van der Waals surface area contributed by atoms with Crippen molar-refractivity contribution in [3.8, 4) is 0 Å². The molecule has 3 amide bonds. The van der Waals surface area contributed by atoms with Crippen LogP contribution in [-0.2, 0) is 17.8 Å². The molecule has 0 radical (unpaired) electrons. The van der Waals surface area contributed by atoms with Gasteiger partial charge in [0.05, 0.1) is 23.2 Å². The molecule has 0 bridgehead atoms. The molecule has 0 unspecified atom stereocenters. The van der Waals surface area contributed by atoms with Crippen molar-refractivity contribution in [2.24, 2.45) is 0 Å². The highest BCUT2D eigenvalue weighted by Crippen LogP contribution is 2.21. The number of carbonyl (C=O) groups is 2. The summed E-state index contributed by atoms with van der Waals surface area (Å²) < 4.78 is 1.11. The molecule has 2 heterocycles. The molecule has 1 fully saturated rings. The standard InChI is InChI=1S/C21H22N4O2S2/c26-20(25-9-11-28-12-10-25)13-15-5-7-16(8-6-15)23-21(27)22-14-19-24-17-3-1-2-4-18(17)29-19/h1-8H,9-14H2,(H2,22,23,27). The van der Waals surface area contributed by atoms with Crippen LogP contribution in [0.5, 0.6) is 0 Å². The van der Waals surface area contributed by atoms with Crippen LogP contribution in [-0.4, -0.2) is 46.4 Å². The molecule has 1 aliphatic heterocycles. The number of carbonyl (C=O) groups excluding carboxylic acids is 2. The molecule has 0 atom stereocenters. The Labute approximate surface area is 177 Å². The number of nitrogens with zero attached hydrogens (tertiary/aromatic N) is 2. The predicted octanol–water partition coefficient (Wildman–Crippen LogP) is 3.74. The molecule has 0 saturated carbocycles. The molecule has 2 aromatic carbocycles. The average molecular weight is 427 g/mol. The molecule has 4 rings (SSSR count). The zero-order valence-electron chi connectivity index (χ0n) is 15.9. The first-order chi connectivity index (χ1) is 14.2. The molecule has 2 N–H and O–H groups in total. The molecule has 8 heteroatoms. The van der Waals surface area contributed by atoms with E-state index in [0.717, 1.165) is 45.4 Å². The first-order valence-electron chi connectivity index (χ1n) is 9.51. The van der Waals surface area contributed by atoms with Crippen LogP contribution >= 0.6 is 23.1 Å². The first-order valence-corrected chi connectivity index (χ1v) is 11.5. The minimum absolute atomic E-state index is 0.166. The van der Waals surface area contributed by atoms with Crippen molar-refractivity contribution in [3.63, 3.8) is 0 Å². The van der Waals surface area contributed by atoms with Crippen LogP contribution in [0.4, 0.5) is 10.5 Å². The Bertz CT molecular complexity index is 964. The monoisotopic (exact) mass is 426 g/mol. The molecule has 3 aromatic rings. The fourth-order valence-electron chi connectivity index (χ4n) is 3.13. The van der Waals surface area contributed by atoms with Crippen LogP contribution in [0.25, 0.3) is 10.2 Å².